The molecule has 1 aromatic carbocycles. The van der Waals surface area contributed by atoms with Crippen molar-refractivity contribution in [3.8, 4) is 11.5 Å². The van der Waals surface area contributed by atoms with Crippen molar-refractivity contribution in [1.82, 2.24) is 14.7 Å². The van der Waals surface area contributed by atoms with Crippen molar-refractivity contribution in [2.24, 2.45) is 0 Å². The first kappa shape index (κ1) is 15.7. The Morgan fingerprint density at radius 3 is 2.70 bits per heavy atom. The van der Waals surface area contributed by atoms with Crippen molar-refractivity contribution in [2.45, 2.75) is 24.8 Å². The van der Waals surface area contributed by atoms with Crippen LogP contribution in [0.2, 0.25) is 0 Å². The van der Waals surface area contributed by atoms with Gasteiger partial charge in [-0.1, -0.05) is 0 Å². The van der Waals surface area contributed by atoms with Crippen LogP contribution < -0.4 is 14.2 Å². The number of aromatic nitrogens is 2. The van der Waals surface area contributed by atoms with Gasteiger partial charge in [-0.2, -0.15) is 0 Å². The average Bonchev–Trinajstić information content (AvgIpc) is 2.78. The summed E-state index contributed by atoms with van der Waals surface area (Å²) in [5, 5.41) is 0. The summed E-state index contributed by atoms with van der Waals surface area (Å²) < 4.78 is 38.4. The second kappa shape index (κ2) is 6.51. The Labute approximate surface area is 134 Å². The van der Waals surface area contributed by atoms with E-state index in [0.29, 0.717) is 30.4 Å². The maximum atomic E-state index is 12.4. The molecule has 3 rings (SSSR count). The molecule has 2 heterocycles. The fraction of sp³-hybridized carbons (Fsp3) is 0.333. The molecule has 0 saturated heterocycles. The van der Waals surface area contributed by atoms with E-state index >= 15 is 0 Å². The van der Waals surface area contributed by atoms with Crippen molar-refractivity contribution in [3.63, 3.8) is 0 Å². The maximum absolute atomic E-state index is 12.4. The van der Waals surface area contributed by atoms with E-state index in [2.05, 4.69) is 14.7 Å². The van der Waals surface area contributed by atoms with Crippen LogP contribution in [0.3, 0.4) is 0 Å². The lowest BCUT2D eigenvalue weighted by molar-refractivity contribution is 0.297. The van der Waals surface area contributed by atoms with Gasteiger partial charge in [-0.05, 0) is 25.1 Å². The van der Waals surface area contributed by atoms with E-state index in [1.54, 1.807) is 12.1 Å². The van der Waals surface area contributed by atoms with Crippen LogP contribution in [0, 0.1) is 6.92 Å². The van der Waals surface area contributed by atoms with Crippen LogP contribution in [-0.4, -0.2) is 31.6 Å². The highest BCUT2D eigenvalue weighted by molar-refractivity contribution is 7.89. The summed E-state index contributed by atoms with van der Waals surface area (Å²) in [6.45, 7) is 2.98. The van der Waals surface area contributed by atoms with E-state index < -0.39 is 10.0 Å². The van der Waals surface area contributed by atoms with Crippen LogP contribution >= 0.6 is 0 Å². The van der Waals surface area contributed by atoms with Gasteiger partial charge in [0.2, 0.25) is 10.0 Å². The van der Waals surface area contributed by atoms with Gasteiger partial charge in [0.1, 0.15) is 6.33 Å². The highest BCUT2D eigenvalue weighted by Crippen LogP contribution is 2.31. The lowest BCUT2D eigenvalue weighted by Gasteiger charge is -2.10. The molecule has 2 aromatic rings. The molecule has 0 bridgehead atoms. The Morgan fingerprint density at radius 1 is 1.13 bits per heavy atom. The third-order valence-electron chi connectivity index (χ3n) is 3.33. The van der Waals surface area contributed by atoms with Crippen molar-refractivity contribution < 1.29 is 17.9 Å². The summed E-state index contributed by atoms with van der Waals surface area (Å²) in [7, 11) is -3.66. The number of nitrogens with one attached hydrogen (secondary N) is 1. The first-order chi connectivity index (χ1) is 11.0. The molecule has 7 nitrogen and oxygen atoms in total. The molecule has 1 aromatic heterocycles. The molecule has 0 aliphatic carbocycles. The third-order valence-corrected chi connectivity index (χ3v) is 4.73. The summed E-state index contributed by atoms with van der Waals surface area (Å²) in [6, 6.07) is 6.33. The van der Waals surface area contributed by atoms with Crippen molar-refractivity contribution >= 4 is 10.0 Å². The summed E-state index contributed by atoms with van der Waals surface area (Å²) >= 11 is 0. The van der Waals surface area contributed by atoms with Crippen molar-refractivity contribution in [2.75, 3.05) is 13.2 Å². The van der Waals surface area contributed by atoms with Gasteiger partial charge >= 0.3 is 0 Å². The minimum Gasteiger partial charge on any atom is -0.490 e. The second-order valence-corrected chi connectivity index (χ2v) is 6.90. The normalized spacial score (nSPS) is 14.3. The van der Waals surface area contributed by atoms with Gasteiger partial charge in [-0.3, -0.25) is 0 Å². The third kappa shape index (κ3) is 3.77. The maximum Gasteiger partial charge on any atom is 0.241 e. The fourth-order valence-electron chi connectivity index (χ4n) is 2.17. The molecule has 23 heavy (non-hydrogen) atoms. The van der Waals surface area contributed by atoms with Gasteiger partial charge in [0.05, 0.1) is 30.3 Å². The van der Waals surface area contributed by atoms with E-state index in [4.69, 9.17) is 9.47 Å². The molecule has 1 aliphatic rings. The predicted octanol–water partition coefficient (Wildman–Crippen LogP) is 1.42. The molecule has 122 valence electrons. The zero-order chi connectivity index (χ0) is 16.3. The average molecular weight is 335 g/mol. The van der Waals surface area contributed by atoms with Crippen LogP contribution in [0.4, 0.5) is 0 Å². The lowest BCUT2D eigenvalue weighted by Crippen LogP contribution is -2.23. The Balaban J connectivity index is 1.78. The summed E-state index contributed by atoms with van der Waals surface area (Å²) in [4.78, 5) is 8.15. The van der Waals surface area contributed by atoms with E-state index in [9.17, 15) is 8.42 Å². The summed E-state index contributed by atoms with van der Waals surface area (Å²) in [5.41, 5.74) is 1.39. The quantitative estimate of drug-likeness (QED) is 0.909. The number of aryl methyl sites for hydroxylation is 1. The van der Waals surface area contributed by atoms with Crippen LogP contribution in [-0.2, 0) is 16.6 Å². The van der Waals surface area contributed by atoms with Gasteiger partial charge in [-0.25, -0.2) is 23.1 Å². The van der Waals surface area contributed by atoms with Gasteiger partial charge in [-0.15, -0.1) is 0 Å². The van der Waals surface area contributed by atoms with Gasteiger partial charge in [0.25, 0.3) is 0 Å². The van der Waals surface area contributed by atoms with Crippen LogP contribution in [0.5, 0.6) is 11.5 Å². The zero-order valence-corrected chi connectivity index (χ0v) is 13.5. The number of ether oxygens (including phenoxy) is 2. The van der Waals surface area contributed by atoms with Crippen LogP contribution in [0.1, 0.15) is 17.8 Å². The predicted molar refractivity (Wildman–Crippen MR) is 82.8 cm³/mol. The lowest BCUT2D eigenvalue weighted by atomic mass is 10.3. The highest BCUT2D eigenvalue weighted by Gasteiger charge is 2.18. The van der Waals surface area contributed by atoms with Gasteiger partial charge in [0.15, 0.2) is 11.5 Å². The Bertz CT molecular complexity index is 808. The summed E-state index contributed by atoms with van der Waals surface area (Å²) in [6.07, 6.45) is 2.18. The molecular formula is C15H17N3O4S. The number of benzene rings is 1. The molecule has 0 amide bonds. The Kier molecular flexibility index (Phi) is 4.44. The second-order valence-electron chi connectivity index (χ2n) is 5.13. The molecule has 1 aliphatic heterocycles. The summed E-state index contributed by atoms with van der Waals surface area (Å²) in [5.74, 6) is 1.01. The fourth-order valence-corrected chi connectivity index (χ4v) is 3.18. The van der Waals surface area contributed by atoms with Crippen molar-refractivity contribution in [3.05, 3.63) is 42.0 Å². The van der Waals surface area contributed by atoms with Gasteiger partial charge in [0, 0.05) is 18.2 Å². The van der Waals surface area contributed by atoms with Crippen LogP contribution in [0.15, 0.2) is 35.5 Å². The van der Waals surface area contributed by atoms with E-state index in [-0.39, 0.29) is 11.4 Å². The molecule has 0 saturated carbocycles. The molecule has 8 heteroatoms. The molecule has 0 fully saturated rings. The van der Waals surface area contributed by atoms with E-state index in [0.717, 1.165) is 12.1 Å². The standard InChI is InChI=1S/C15H17N3O4S/c1-11-7-12(17-10-16-11)9-18-23(19,20)13-3-4-14-15(8-13)22-6-2-5-21-14/h3-4,7-8,10,18H,2,5-6,9H2,1H3. The molecular weight excluding hydrogens is 318 g/mol. The number of sulfonamides is 1. The minimum absolute atomic E-state index is 0.0974. The SMILES string of the molecule is Cc1cc(CNS(=O)(=O)c2ccc3c(c2)OCCCO3)ncn1. The Morgan fingerprint density at radius 2 is 1.91 bits per heavy atom. The largest absolute Gasteiger partial charge is 0.490 e. The molecule has 0 atom stereocenters. The Hall–Kier alpha value is -2.19. The first-order valence-electron chi connectivity index (χ1n) is 7.21. The minimum atomic E-state index is -3.66. The van der Waals surface area contributed by atoms with Crippen molar-refractivity contribution in [1.29, 1.82) is 0 Å². The number of rotatable bonds is 4. The first-order valence-corrected chi connectivity index (χ1v) is 8.70. The number of hydrogen-bond donors (Lipinski definition) is 1. The molecule has 0 spiro atoms. The molecule has 0 radical (unpaired) electrons. The molecule has 0 unspecified atom stereocenters. The highest BCUT2D eigenvalue weighted by atomic mass is 32.2. The van der Waals surface area contributed by atoms with Crippen LogP contribution in [0.25, 0.3) is 0 Å². The van der Waals surface area contributed by atoms with E-state index in [1.165, 1.54) is 18.5 Å². The van der Waals surface area contributed by atoms with Gasteiger partial charge < -0.3 is 9.47 Å². The monoisotopic (exact) mass is 335 g/mol. The molecule has 1 N–H and O–H groups in total. The van der Waals surface area contributed by atoms with E-state index in [1.807, 2.05) is 6.92 Å². The number of hydrogen-bond acceptors (Lipinski definition) is 6. The smallest absolute Gasteiger partial charge is 0.241 e. The topological polar surface area (TPSA) is 90.4 Å². The zero-order valence-electron chi connectivity index (χ0n) is 12.7. The number of nitrogens with zero attached hydrogens (tertiary/aromatic N) is 2. The number of fused-ring (bicyclic) bond motifs is 1.